The van der Waals surface area contributed by atoms with Gasteiger partial charge >= 0.3 is 5.51 Å². The van der Waals surface area contributed by atoms with Gasteiger partial charge in [-0.1, -0.05) is 0 Å². The molecule has 0 fully saturated rings. The number of rotatable bonds is 1. The average Bonchev–Trinajstić information content (AvgIpc) is 1.14. The molecule has 56 valence electrons. The first-order valence-electron chi connectivity index (χ1n) is 1.51. The number of alkyl halides is 3. The maximum atomic E-state index is 11.1. The van der Waals surface area contributed by atoms with Gasteiger partial charge in [0, 0.05) is 0 Å². The lowest BCUT2D eigenvalue weighted by Crippen LogP contribution is -2.13. The van der Waals surface area contributed by atoms with E-state index < -0.39 is 25.4 Å². The first kappa shape index (κ1) is 9.05. The van der Waals surface area contributed by atoms with Crippen molar-refractivity contribution in [2.75, 3.05) is 0 Å². The summed E-state index contributed by atoms with van der Waals surface area (Å²) < 4.78 is 52.5. The van der Waals surface area contributed by atoms with E-state index in [1.807, 2.05) is 0 Å². The third kappa shape index (κ3) is 8.05. The summed E-state index contributed by atoms with van der Waals surface area (Å²) in [4.78, 5) is 0. The van der Waals surface area contributed by atoms with E-state index in [-0.39, 0.29) is 0 Å². The molecule has 0 atom stereocenters. The Labute approximate surface area is 52.9 Å². The molecule has 0 aromatic rings. The van der Waals surface area contributed by atoms with Gasteiger partial charge in [0.15, 0.2) is 0 Å². The van der Waals surface area contributed by atoms with E-state index in [0.29, 0.717) is 0 Å². The summed E-state index contributed by atoms with van der Waals surface area (Å²) in [6.07, 6.45) is 0. The summed E-state index contributed by atoms with van der Waals surface area (Å²) in [5.41, 5.74) is -4.81. The molecule has 0 aliphatic heterocycles. The van der Waals surface area contributed by atoms with E-state index in [0.717, 1.165) is 0 Å². The number of hydrogen-bond donors (Lipinski definition) is 1. The molecule has 0 aromatic carbocycles. The topological polar surface area (TPSA) is 60.2 Å². The minimum Gasteiger partial charge on any atom is -0.219 e. The molecular formula is CH2F3NO2S2. The predicted molar refractivity (Wildman–Crippen MR) is 26.8 cm³/mol. The highest BCUT2D eigenvalue weighted by atomic mass is 33.1. The molecule has 8 heteroatoms. The molecule has 0 rings (SSSR count). The van der Waals surface area contributed by atoms with Gasteiger partial charge in [-0.3, -0.25) is 0 Å². The smallest absolute Gasteiger partial charge is 0.219 e. The first-order valence-corrected chi connectivity index (χ1v) is 4.39. The summed E-state index contributed by atoms with van der Waals surface area (Å²) in [7, 11) is -5.73. The molecule has 0 aliphatic rings. The molecule has 3 nitrogen and oxygen atoms in total. The van der Waals surface area contributed by atoms with Gasteiger partial charge in [0.05, 0.1) is 10.8 Å². The second-order valence-corrected chi connectivity index (χ2v) is 4.53. The molecule has 0 amide bonds. The lowest BCUT2D eigenvalue weighted by Gasteiger charge is -1.99. The minimum atomic E-state index is -4.81. The lowest BCUT2D eigenvalue weighted by molar-refractivity contribution is -0.0312. The van der Waals surface area contributed by atoms with Crippen LogP contribution in [0.25, 0.3) is 0 Å². The van der Waals surface area contributed by atoms with Crippen LogP contribution in [0.1, 0.15) is 0 Å². The fraction of sp³-hybridized carbons (Fsp3) is 1.00. The molecule has 0 radical (unpaired) electrons. The van der Waals surface area contributed by atoms with Crippen LogP contribution in [0, 0.1) is 0 Å². The Bertz CT molecular complexity index is 180. The normalized spacial score (nSPS) is 13.8. The third-order valence-electron chi connectivity index (χ3n) is 0.211. The van der Waals surface area contributed by atoms with Crippen molar-refractivity contribution in [2.45, 2.75) is 5.51 Å². The van der Waals surface area contributed by atoms with Crippen LogP contribution >= 0.6 is 10.8 Å². The summed E-state index contributed by atoms with van der Waals surface area (Å²) in [5, 5.41) is 4.04. The van der Waals surface area contributed by atoms with Gasteiger partial charge in [0.2, 0.25) is 0 Å². The van der Waals surface area contributed by atoms with Crippen LogP contribution in [0.5, 0.6) is 0 Å². The highest BCUT2D eigenvalue weighted by molar-refractivity contribution is 8.71. The van der Waals surface area contributed by atoms with E-state index in [2.05, 4.69) is 5.14 Å². The van der Waals surface area contributed by atoms with Crippen molar-refractivity contribution in [1.82, 2.24) is 0 Å². The van der Waals surface area contributed by atoms with Gasteiger partial charge < -0.3 is 0 Å². The van der Waals surface area contributed by atoms with Crippen LogP contribution in [0.2, 0.25) is 0 Å². The second-order valence-electron chi connectivity index (χ2n) is 1.02. The molecular weight excluding hydrogens is 179 g/mol. The van der Waals surface area contributed by atoms with Crippen molar-refractivity contribution in [3.8, 4) is 0 Å². The van der Waals surface area contributed by atoms with Crippen molar-refractivity contribution in [3.63, 3.8) is 0 Å². The minimum absolute atomic E-state index is 1.24. The van der Waals surface area contributed by atoms with E-state index >= 15 is 0 Å². The van der Waals surface area contributed by atoms with Crippen LogP contribution in [-0.2, 0) is 9.06 Å². The largest absolute Gasteiger partial charge is 0.457 e. The van der Waals surface area contributed by atoms with Crippen molar-refractivity contribution < 1.29 is 21.6 Å². The summed E-state index contributed by atoms with van der Waals surface area (Å²) in [6.45, 7) is 0. The molecule has 9 heavy (non-hydrogen) atoms. The molecule has 0 heterocycles. The number of nitrogens with two attached hydrogens (primary N) is 1. The molecule has 0 saturated carbocycles. The van der Waals surface area contributed by atoms with Crippen LogP contribution in [0.4, 0.5) is 13.2 Å². The highest BCUT2D eigenvalue weighted by Crippen LogP contribution is 2.32. The maximum absolute atomic E-state index is 11.1. The van der Waals surface area contributed by atoms with Crippen molar-refractivity contribution in [1.29, 1.82) is 0 Å². The molecule has 2 N–H and O–H groups in total. The van der Waals surface area contributed by atoms with E-state index in [1.165, 1.54) is 0 Å². The Morgan fingerprint density at radius 2 is 1.67 bits per heavy atom. The lowest BCUT2D eigenvalue weighted by atomic mass is 11.6. The Morgan fingerprint density at radius 3 is 1.67 bits per heavy atom. The third-order valence-corrected chi connectivity index (χ3v) is 1.90. The van der Waals surface area contributed by atoms with Crippen LogP contribution in [-0.4, -0.2) is 13.9 Å². The summed E-state index contributed by atoms with van der Waals surface area (Å²) >= 11 is 0. The zero-order valence-corrected chi connectivity index (χ0v) is 5.48. The molecule has 0 saturated heterocycles. The van der Waals surface area contributed by atoms with Crippen LogP contribution in [0.3, 0.4) is 0 Å². The molecule has 0 aliphatic carbocycles. The summed E-state index contributed by atoms with van der Waals surface area (Å²) in [5.74, 6) is 0. The van der Waals surface area contributed by atoms with Crippen LogP contribution < -0.4 is 5.14 Å². The monoisotopic (exact) mass is 181 g/mol. The van der Waals surface area contributed by atoms with Crippen molar-refractivity contribution >= 4 is 19.8 Å². The highest BCUT2D eigenvalue weighted by Gasteiger charge is 2.34. The molecule has 0 aromatic heterocycles. The van der Waals surface area contributed by atoms with Crippen LogP contribution in [0.15, 0.2) is 0 Å². The van der Waals surface area contributed by atoms with E-state index in [9.17, 15) is 21.6 Å². The SMILES string of the molecule is NS(=O)(=O)SC(F)(F)F. The van der Waals surface area contributed by atoms with E-state index in [1.54, 1.807) is 0 Å². The summed E-state index contributed by atoms with van der Waals surface area (Å²) in [6, 6.07) is 0. The zero-order chi connectivity index (χ0) is 7.71. The average molecular weight is 181 g/mol. The standard InChI is InChI=1S/CH2F3NO2S2/c2-1(3,4)8-9(5,6)7/h(H2,5,6,7). The van der Waals surface area contributed by atoms with Crippen molar-refractivity contribution in [3.05, 3.63) is 0 Å². The molecule has 0 spiro atoms. The predicted octanol–water partition coefficient (Wildman–Crippen LogP) is 0.443. The van der Waals surface area contributed by atoms with Gasteiger partial charge in [0.25, 0.3) is 9.06 Å². The van der Waals surface area contributed by atoms with Gasteiger partial charge in [-0.2, -0.15) is 13.2 Å². The van der Waals surface area contributed by atoms with E-state index in [4.69, 9.17) is 0 Å². The molecule has 0 bridgehead atoms. The Hall–Kier alpha value is 0.0500. The molecule has 0 unspecified atom stereocenters. The van der Waals surface area contributed by atoms with Gasteiger partial charge in [-0.15, -0.1) is 0 Å². The Kier molecular flexibility index (Phi) is 2.36. The van der Waals surface area contributed by atoms with Crippen molar-refractivity contribution in [2.24, 2.45) is 5.14 Å². The Balaban J connectivity index is 4.07. The van der Waals surface area contributed by atoms with Gasteiger partial charge in [0.1, 0.15) is 0 Å². The maximum Gasteiger partial charge on any atom is 0.457 e. The fourth-order valence-electron chi connectivity index (χ4n) is 0.132. The number of halogens is 3. The van der Waals surface area contributed by atoms with Gasteiger partial charge in [-0.25, -0.2) is 13.6 Å². The van der Waals surface area contributed by atoms with Gasteiger partial charge in [-0.05, 0) is 0 Å². The fourth-order valence-corrected chi connectivity index (χ4v) is 1.19. The Morgan fingerprint density at radius 1 is 1.33 bits per heavy atom. The second kappa shape index (κ2) is 2.35. The first-order chi connectivity index (χ1) is 3.71. The zero-order valence-electron chi connectivity index (χ0n) is 3.84. The quantitative estimate of drug-likeness (QED) is 0.597. The number of hydrogen-bond acceptors (Lipinski definition) is 3.